The summed E-state index contributed by atoms with van der Waals surface area (Å²) in [5, 5.41) is 10.6. The summed E-state index contributed by atoms with van der Waals surface area (Å²) in [6.45, 7) is 6.75. The second-order valence-electron chi connectivity index (χ2n) is 4.38. The topological polar surface area (TPSA) is 46.4 Å². The van der Waals surface area contributed by atoms with Crippen LogP contribution in [0.1, 0.15) is 17.9 Å². The van der Waals surface area contributed by atoms with E-state index in [2.05, 4.69) is 11.5 Å². The van der Waals surface area contributed by atoms with Gasteiger partial charge in [-0.25, -0.2) is 0 Å². The van der Waals surface area contributed by atoms with Crippen LogP contribution in [0.4, 0.5) is 5.69 Å². The highest BCUT2D eigenvalue weighted by Crippen LogP contribution is 2.28. The highest BCUT2D eigenvalue weighted by Gasteiger charge is 2.23. The number of rotatable bonds is 4. The van der Waals surface area contributed by atoms with E-state index in [1.807, 2.05) is 18.2 Å². The molecule has 0 aromatic heterocycles. The van der Waals surface area contributed by atoms with Crippen molar-refractivity contribution in [1.82, 2.24) is 4.90 Å². The Bertz CT molecular complexity index is 414. The molecular formula is C13H16N2O2. The van der Waals surface area contributed by atoms with Gasteiger partial charge in [-0.2, -0.15) is 0 Å². The lowest BCUT2D eigenvalue weighted by Gasteiger charge is -2.13. The zero-order valence-electron chi connectivity index (χ0n) is 9.71. The molecule has 1 unspecified atom stereocenters. The Morgan fingerprint density at radius 2 is 2.18 bits per heavy atom. The summed E-state index contributed by atoms with van der Waals surface area (Å²) in [4.78, 5) is 12.5. The van der Waals surface area contributed by atoms with E-state index in [0.717, 1.165) is 26.1 Å². The van der Waals surface area contributed by atoms with Gasteiger partial charge < -0.3 is 0 Å². The van der Waals surface area contributed by atoms with Crippen LogP contribution in [-0.4, -0.2) is 29.5 Å². The predicted octanol–water partition coefficient (Wildman–Crippen LogP) is 2.57. The van der Waals surface area contributed by atoms with Crippen molar-refractivity contribution in [3.63, 3.8) is 0 Å². The van der Waals surface area contributed by atoms with Crippen LogP contribution in [0.3, 0.4) is 0 Å². The van der Waals surface area contributed by atoms with Gasteiger partial charge in [0.25, 0.3) is 5.69 Å². The molecule has 1 aromatic rings. The first-order valence-electron chi connectivity index (χ1n) is 5.78. The molecule has 0 spiro atoms. The van der Waals surface area contributed by atoms with Gasteiger partial charge >= 0.3 is 0 Å². The van der Waals surface area contributed by atoms with Gasteiger partial charge in [0.15, 0.2) is 0 Å². The van der Waals surface area contributed by atoms with Crippen molar-refractivity contribution in [1.29, 1.82) is 0 Å². The first-order chi connectivity index (χ1) is 8.20. The Balaban J connectivity index is 2.03. The predicted molar refractivity (Wildman–Crippen MR) is 67.1 cm³/mol. The van der Waals surface area contributed by atoms with E-state index in [-0.39, 0.29) is 10.6 Å². The maximum absolute atomic E-state index is 10.6. The van der Waals surface area contributed by atoms with Crippen LogP contribution < -0.4 is 0 Å². The van der Waals surface area contributed by atoms with Crippen molar-refractivity contribution in [2.24, 2.45) is 0 Å². The molecule has 2 rings (SSSR count). The molecule has 1 atom stereocenters. The molecule has 90 valence electrons. The van der Waals surface area contributed by atoms with Gasteiger partial charge in [-0.15, -0.1) is 6.58 Å². The minimum absolute atomic E-state index is 0.162. The van der Waals surface area contributed by atoms with E-state index in [1.54, 1.807) is 12.1 Å². The molecule has 0 saturated carbocycles. The second kappa shape index (κ2) is 5.10. The number of nitrogens with zero attached hydrogens (tertiary/aromatic N) is 2. The Labute approximate surface area is 101 Å². The quantitative estimate of drug-likeness (QED) is 0.455. The summed E-state index contributed by atoms with van der Waals surface area (Å²) in [5.41, 5.74) is 1.36. The average molecular weight is 232 g/mol. The molecule has 1 aliphatic heterocycles. The smallest absolute Gasteiger partial charge is 0.269 e. The van der Waals surface area contributed by atoms with Gasteiger partial charge in [0.2, 0.25) is 0 Å². The normalized spacial score (nSPS) is 20.4. The number of benzene rings is 1. The first-order valence-corrected chi connectivity index (χ1v) is 5.78. The SMILES string of the molecule is C=CCN1CCC(c2ccc([N+](=O)[O-])cc2)C1. The van der Waals surface area contributed by atoms with Crippen LogP contribution in [0.15, 0.2) is 36.9 Å². The number of hydrogen-bond donors (Lipinski definition) is 0. The Morgan fingerprint density at radius 3 is 2.76 bits per heavy atom. The molecule has 0 bridgehead atoms. The Kier molecular flexibility index (Phi) is 3.54. The number of nitro groups is 1. The number of hydrogen-bond acceptors (Lipinski definition) is 3. The molecule has 0 N–H and O–H groups in total. The molecule has 1 aromatic carbocycles. The molecule has 1 heterocycles. The molecule has 1 fully saturated rings. The van der Waals surface area contributed by atoms with Crippen molar-refractivity contribution in [2.75, 3.05) is 19.6 Å². The summed E-state index contributed by atoms with van der Waals surface area (Å²) >= 11 is 0. The van der Waals surface area contributed by atoms with Crippen LogP contribution in [-0.2, 0) is 0 Å². The fourth-order valence-corrected chi connectivity index (χ4v) is 2.32. The molecule has 4 nitrogen and oxygen atoms in total. The Morgan fingerprint density at radius 1 is 1.47 bits per heavy atom. The lowest BCUT2D eigenvalue weighted by molar-refractivity contribution is -0.384. The molecule has 0 aliphatic carbocycles. The highest BCUT2D eigenvalue weighted by atomic mass is 16.6. The highest BCUT2D eigenvalue weighted by molar-refractivity contribution is 5.34. The van der Waals surface area contributed by atoms with Gasteiger partial charge in [-0.1, -0.05) is 18.2 Å². The Hall–Kier alpha value is -1.68. The summed E-state index contributed by atoms with van der Waals surface area (Å²) in [6.07, 6.45) is 3.03. The first kappa shape index (κ1) is 11.8. The van der Waals surface area contributed by atoms with Crippen molar-refractivity contribution < 1.29 is 4.92 Å². The van der Waals surface area contributed by atoms with E-state index in [9.17, 15) is 10.1 Å². The van der Waals surface area contributed by atoms with Crippen LogP contribution in [0.2, 0.25) is 0 Å². The summed E-state index contributed by atoms with van der Waals surface area (Å²) in [7, 11) is 0. The van der Waals surface area contributed by atoms with E-state index in [4.69, 9.17) is 0 Å². The maximum Gasteiger partial charge on any atom is 0.269 e. The largest absolute Gasteiger partial charge is 0.299 e. The average Bonchev–Trinajstić information content (AvgIpc) is 2.78. The number of nitro benzene ring substituents is 1. The molecule has 4 heteroatoms. The van der Waals surface area contributed by atoms with Gasteiger partial charge in [0.05, 0.1) is 4.92 Å². The molecule has 1 saturated heterocycles. The van der Waals surface area contributed by atoms with Crippen molar-refractivity contribution in [3.8, 4) is 0 Å². The molecule has 17 heavy (non-hydrogen) atoms. The van der Waals surface area contributed by atoms with Crippen molar-refractivity contribution in [2.45, 2.75) is 12.3 Å². The fraction of sp³-hybridized carbons (Fsp3) is 0.385. The van der Waals surface area contributed by atoms with E-state index in [0.29, 0.717) is 5.92 Å². The minimum atomic E-state index is -0.359. The summed E-state index contributed by atoms with van der Waals surface area (Å²) in [5.74, 6) is 0.496. The standard InChI is InChI=1S/C13H16N2O2/c1-2-8-14-9-7-12(10-14)11-3-5-13(6-4-11)15(16)17/h2-6,12H,1,7-10H2. The van der Waals surface area contributed by atoms with E-state index < -0.39 is 0 Å². The van der Waals surface area contributed by atoms with Gasteiger partial charge in [0, 0.05) is 25.2 Å². The second-order valence-corrected chi connectivity index (χ2v) is 4.38. The summed E-state index contributed by atoms with van der Waals surface area (Å²) in [6, 6.07) is 6.93. The van der Waals surface area contributed by atoms with Crippen LogP contribution in [0.25, 0.3) is 0 Å². The monoisotopic (exact) mass is 232 g/mol. The maximum atomic E-state index is 10.6. The number of likely N-dealkylation sites (tertiary alicyclic amines) is 1. The van der Waals surface area contributed by atoms with Crippen LogP contribution in [0, 0.1) is 10.1 Å². The third-order valence-corrected chi connectivity index (χ3v) is 3.23. The minimum Gasteiger partial charge on any atom is -0.299 e. The van der Waals surface area contributed by atoms with E-state index >= 15 is 0 Å². The zero-order valence-corrected chi connectivity index (χ0v) is 9.71. The molecule has 0 amide bonds. The fourth-order valence-electron chi connectivity index (χ4n) is 2.32. The third kappa shape index (κ3) is 2.71. The third-order valence-electron chi connectivity index (χ3n) is 3.23. The van der Waals surface area contributed by atoms with Crippen molar-refractivity contribution >= 4 is 5.69 Å². The van der Waals surface area contributed by atoms with Crippen LogP contribution in [0.5, 0.6) is 0 Å². The zero-order chi connectivity index (χ0) is 12.3. The molecule has 1 aliphatic rings. The lowest BCUT2D eigenvalue weighted by atomic mass is 9.98. The van der Waals surface area contributed by atoms with Gasteiger partial charge in [0.1, 0.15) is 0 Å². The van der Waals surface area contributed by atoms with Gasteiger partial charge in [-0.05, 0) is 24.4 Å². The van der Waals surface area contributed by atoms with Crippen LogP contribution >= 0.6 is 0 Å². The molecular weight excluding hydrogens is 216 g/mol. The lowest BCUT2D eigenvalue weighted by Crippen LogP contribution is -2.19. The van der Waals surface area contributed by atoms with Gasteiger partial charge in [-0.3, -0.25) is 15.0 Å². The summed E-state index contributed by atoms with van der Waals surface area (Å²) < 4.78 is 0. The number of non-ortho nitro benzene ring substituents is 1. The van der Waals surface area contributed by atoms with Crippen molar-refractivity contribution in [3.05, 3.63) is 52.6 Å². The van der Waals surface area contributed by atoms with E-state index in [1.165, 1.54) is 5.56 Å². The molecule has 0 radical (unpaired) electrons.